The number of anilines is 1. The first-order chi connectivity index (χ1) is 18.0. The van der Waals surface area contributed by atoms with E-state index in [1.807, 2.05) is 17.9 Å². The lowest BCUT2D eigenvalue weighted by Gasteiger charge is -2.37. The van der Waals surface area contributed by atoms with E-state index in [1.54, 1.807) is 17.0 Å². The molecule has 0 spiro atoms. The minimum Gasteiger partial charge on any atom is -0.484 e. The third kappa shape index (κ3) is 8.07. The molecule has 210 valence electrons. The molecular weight excluding hydrogens is 509 g/mol. The lowest BCUT2D eigenvalue weighted by Crippen LogP contribution is -2.49. The molecule has 0 radical (unpaired) electrons. The number of nitrogens with zero attached hydrogens (tertiary/aromatic N) is 2. The molecule has 4 amide bonds. The number of alkyl halides is 3. The summed E-state index contributed by atoms with van der Waals surface area (Å²) >= 11 is 0. The maximum atomic E-state index is 12.6. The maximum absolute atomic E-state index is 12.6. The van der Waals surface area contributed by atoms with E-state index in [-0.39, 0.29) is 24.8 Å². The van der Waals surface area contributed by atoms with Crippen LogP contribution in [0.4, 0.5) is 23.7 Å². The first-order valence-corrected chi connectivity index (χ1v) is 12.6. The first kappa shape index (κ1) is 29.2. The Morgan fingerprint density at radius 1 is 1.05 bits per heavy atom. The predicted octanol–water partition coefficient (Wildman–Crippen LogP) is 2.69. The molecule has 0 atom stereocenters. The number of rotatable bonds is 5. The fourth-order valence-corrected chi connectivity index (χ4v) is 4.99. The number of aliphatic carboxylic acids is 1. The van der Waals surface area contributed by atoms with Gasteiger partial charge in [-0.05, 0) is 81.3 Å². The average molecular weight is 543 g/mol. The number of aryl methyl sites for hydroxylation is 1. The summed E-state index contributed by atoms with van der Waals surface area (Å²) in [5.41, 5.74) is 1.60. The van der Waals surface area contributed by atoms with Crippen LogP contribution in [-0.4, -0.2) is 79.3 Å². The Hall–Kier alpha value is -3.35. The summed E-state index contributed by atoms with van der Waals surface area (Å²) in [4.78, 5) is 48.4. The number of hydrogen-bond donors (Lipinski definition) is 3. The zero-order valence-corrected chi connectivity index (χ0v) is 21.2. The summed E-state index contributed by atoms with van der Waals surface area (Å²) in [5.74, 6) is -0.836. The van der Waals surface area contributed by atoms with Crippen LogP contribution in [0.25, 0.3) is 0 Å². The van der Waals surface area contributed by atoms with Crippen LogP contribution >= 0.6 is 0 Å². The number of piperidine rings is 2. The van der Waals surface area contributed by atoms with Crippen LogP contribution in [0, 0.1) is 18.8 Å². The minimum absolute atomic E-state index is 0.0233. The van der Waals surface area contributed by atoms with E-state index in [0.29, 0.717) is 12.3 Å². The van der Waals surface area contributed by atoms with Gasteiger partial charge in [-0.1, -0.05) is 0 Å². The summed E-state index contributed by atoms with van der Waals surface area (Å²) in [6.07, 6.45) is -0.111. The number of carbonyl (C=O) groups is 4. The van der Waals surface area contributed by atoms with Gasteiger partial charge in [0, 0.05) is 31.7 Å². The number of nitrogens with one attached hydrogen (secondary N) is 2. The van der Waals surface area contributed by atoms with Gasteiger partial charge in [-0.3, -0.25) is 19.8 Å². The fourth-order valence-electron chi connectivity index (χ4n) is 4.99. The Morgan fingerprint density at radius 2 is 1.66 bits per heavy atom. The predicted molar refractivity (Wildman–Crippen MR) is 131 cm³/mol. The van der Waals surface area contributed by atoms with Gasteiger partial charge in [-0.15, -0.1) is 0 Å². The molecule has 3 heterocycles. The molecule has 1 aromatic rings. The van der Waals surface area contributed by atoms with Crippen LogP contribution in [0.5, 0.6) is 5.75 Å². The van der Waals surface area contributed by atoms with Crippen LogP contribution in [0.2, 0.25) is 0 Å². The number of ether oxygens (including phenoxy) is 1. The Labute approximate surface area is 218 Å². The second-order valence-corrected chi connectivity index (χ2v) is 9.60. The normalized spacial score (nSPS) is 19.4. The van der Waals surface area contributed by atoms with Gasteiger partial charge < -0.3 is 20.1 Å². The van der Waals surface area contributed by atoms with Crippen molar-refractivity contribution < 1.29 is 42.2 Å². The van der Waals surface area contributed by atoms with E-state index in [0.717, 1.165) is 62.1 Å². The van der Waals surface area contributed by atoms with Gasteiger partial charge in [0.1, 0.15) is 5.75 Å². The molecule has 1 aromatic carbocycles. The highest BCUT2D eigenvalue weighted by Gasteiger charge is 2.38. The van der Waals surface area contributed by atoms with Crippen LogP contribution in [0.15, 0.2) is 18.2 Å². The Balaban J connectivity index is 0.000000505. The van der Waals surface area contributed by atoms with Crippen molar-refractivity contribution in [2.24, 2.45) is 11.8 Å². The van der Waals surface area contributed by atoms with Crippen molar-refractivity contribution in [2.45, 2.75) is 45.2 Å². The molecule has 0 bridgehead atoms. The highest BCUT2D eigenvalue weighted by molar-refractivity contribution is 6.05. The quantitative estimate of drug-likeness (QED) is 0.522. The molecule has 3 fully saturated rings. The number of halogens is 3. The largest absolute Gasteiger partial charge is 0.490 e. The number of likely N-dealkylation sites (tertiary alicyclic amines) is 1. The second kappa shape index (κ2) is 12.9. The van der Waals surface area contributed by atoms with Gasteiger partial charge in [0.2, 0.25) is 5.91 Å². The summed E-state index contributed by atoms with van der Waals surface area (Å²) < 4.78 is 37.5. The lowest BCUT2D eigenvalue weighted by molar-refractivity contribution is -0.192. The summed E-state index contributed by atoms with van der Waals surface area (Å²) in [6.45, 7) is 6.15. The molecule has 3 N–H and O–H groups in total. The number of amides is 4. The van der Waals surface area contributed by atoms with Crippen LogP contribution in [0.3, 0.4) is 0 Å². The topological polar surface area (TPSA) is 128 Å². The minimum atomic E-state index is -5.08. The van der Waals surface area contributed by atoms with Crippen molar-refractivity contribution in [1.82, 2.24) is 15.5 Å². The molecule has 3 aliphatic heterocycles. The monoisotopic (exact) mass is 542 g/mol. The molecule has 4 rings (SSSR count). The van der Waals surface area contributed by atoms with Gasteiger partial charge in [-0.25, -0.2) is 9.59 Å². The molecule has 10 nitrogen and oxygen atoms in total. The van der Waals surface area contributed by atoms with Gasteiger partial charge in [-0.2, -0.15) is 13.2 Å². The van der Waals surface area contributed by atoms with Crippen LogP contribution in [-0.2, 0) is 14.4 Å². The number of urea groups is 1. The highest BCUT2D eigenvalue weighted by Crippen LogP contribution is 2.31. The molecule has 3 saturated heterocycles. The van der Waals surface area contributed by atoms with Crippen molar-refractivity contribution in [3.63, 3.8) is 0 Å². The first-order valence-electron chi connectivity index (χ1n) is 12.6. The Kier molecular flexibility index (Phi) is 9.95. The van der Waals surface area contributed by atoms with Crippen molar-refractivity contribution in [3.8, 4) is 5.75 Å². The zero-order valence-electron chi connectivity index (χ0n) is 21.2. The molecule has 0 aromatic heterocycles. The zero-order chi connectivity index (χ0) is 27.9. The number of carboxylic acid groups (broad SMARTS) is 1. The van der Waals surface area contributed by atoms with Crippen LogP contribution in [0.1, 0.15) is 37.7 Å². The number of benzene rings is 1. The standard InChI is InChI=1S/C23H32N4O4.C2HF3O2/c1-16-14-19(2-3-20(16)27-13-8-21(28)25-23(27)30)31-15-22(29)26-11-6-18(7-12-26)17-4-9-24-10-5-17;3-2(4,5)1(6)7/h2-3,14,17-18,24H,4-13,15H2,1H3,(H,25,28,30);(H,6,7). The van der Waals surface area contributed by atoms with Gasteiger partial charge >= 0.3 is 18.2 Å². The van der Waals surface area contributed by atoms with Crippen LogP contribution < -0.4 is 20.3 Å². The van der Waals surface area contributed by atoms with E-state index < -0.39 is 18.2 Å². The number of carbonyl (C=O) groups excluding carboxylic acids is 3. The van der Waals surface area contributed by atoms with Gasteiger partial charge in [0.25, 0.3) is 5.91 Å². The van der Waals surface area contributed by atoms with E-state index in [2.05, 4.69) is 10.6 Å². The second-order valence-electron chi connectivity index (χ2n) is 9.60. The molecule has 13 heteroatoms. The molecule has 0 unspecified atom stereocenters. The smallest absolute Gasteiger partial charge is 0.484 e. The van der Waals surface area contributed by atoms with E-state index in [4.69, 9.17) is 14.6 Å². The number of imide groups is 1. The van der Waals surface area contributed by atoms with Crippen molar-refractivity contribution in [3.05, 3.63) is 23.8 Å². The Bertz CT molecular complexity index is 1020. The van der Waals surface area contributed by atoms with Crippen molar-refractivity contribution in [1.29, 1.82) is 0 Å². The molecule has 0 aliphatic carbocycles. The average Bonchev–Trinajstić information content (AvgIpc) is 2.88. The van der Waals surface area contributed by atoms with E-state index >= 15 is 0 Å². The molecule has 0 saturated carbocycles. The van der Waals surface area contributed by atoms with Crippen molar-refractivity contribution in [2.75, 3.05) is 44.2 Å². The van der Waals surface area contributed by atoms with E-state index in [9.17, 15) is 27.6 Å². The van der Waals surface area contributed by atoms with Crippen molar-refractivity contribution >= 4 is 29.5 Å². The Morgan fingerprint density at radius 3 is 2.21 bits per heavy atom. The van der Waals surface area contributed by atoms with Gasteiger partial charge in [0.05, 0.1) is 0 Å². The summed E-state index contributed by atoms with van der Waals surface area (Å²) in [7, 11) is 0. The molecular formula is C25H33F3N4O6. The maximum Gasteiger partial charge on any atom is 0.490 e. The summed E-state index contributed by atoms with van der Waals surface area (Å²) in [5, 5.41) is 12.9. The lowest BCUT2D eigenvalue weighted by atomic mass is 9.79. The molecule has 3 aliphatic rings. The third-order valence-corrected chi connectivity index (χ3v) is 7.06. The number of hydrogen-bond acceptors (Lipinski definition) is 6. The van der Waals surface area contributed by atoms with E-state index in [1.165, 1.54) is 12.8 Å². The van der Waals surface area contributed by atoms with Gasteiger partial charge in [0.15, 0.2) is 6.61 Å². The number of carboxylic acids is 1. The fraction of sp³-hybridized carbons (Fsp3) is 0.600. The third-order valence-electron chi connectivity index (χ3n) is 7.06. The summed E-state index contributed by atoms with van der Waals surface area (Å²) in [6, 6.07) is 4.99. The molecule has 38 heavy (non-hydrogen) atoms. The highest BCUT2D eigenvalue weighted by atomic mass is 19.4. The SMILES string of the molecule is Cc1cc(OCC(=O)N2CCC(C3CCNCC3)CC2)ccc1N1CCC(=O)NC1=O.O=C(O)C(F)(F)F.